The Bertz CT molecular complexity index is 238. The molecule has 11 heavy (non-hydrogen) atoms. The molecule has 1 heterocycles. The molecule has 1 aromatic rings. The van der Waals surface area contributed by atoms with E-state index in [0.717, 1.165) is 0 Å². The lowest BCUT2D eigenvalue weighted by molar-refractivity contribution is 0.548. The molecule has 1 aromatic heterocycles. The molecule has 0 aromatic carbocycles. The zero-order valence-corrected chi connectivity index (χ0v) is 7.46. The Morgan fingerprint density at radius 1 is 1.55 bits per heavy atom. The molecule has 62 valence electrons. The molecule has 0 aliphatic rings. The van der Waals surface area contributed by atoms with Gasteiger partial charge in [0.2, 0.25) is 0 Å². The van der Waals surface area contributed by atoms with Gasteiger partial charge in [-0.1, -0.05) is 0 Å². The van der Waals surface area contributed by atoms with E-state index < -0.39 is 0 Å². The van der Waals surface area contributed by atoms with Gasteiger partial charge in [0.25, 0.3) is 0 Å². The van der Waals surface area contributed by atoms with Crippen LogP contribution in [0.2, 0.25) is 0 Å². The second kappa shape index (κ2) is 3.09. The topological polar surface area (TPSA) is 30.9 Å². The zero-order chi connectivity index (χ0) is 8.43. The van der Waals surface area contributed by atoms with Crippen LogP contribution in [0.5, 0.6) is 0 Å². The minimum Gasteiger partial charge on any atom is -0.347 e. The van der Waals surface area contributed by atoms with Crippen molar-refractivity contribution in [1.82, 2.24) is 4.57 Å². The van der Waals surface area contributed by atoms with Crippen molar-refractivity contribution in [2.75, 3.05) is 6.54 Å². The molecule has 0 radical (unpaired) electrons. The minimum atomic E-state index is 0.420. The summed E-state index contributed by atoms with van der Waals surface area (Å²) >= 11 is 0. The Kier molecular flexibility index (Phi) is 2.35. The molecular weight excluding hydrogens is 136 g/mol. The molecule has 2 N–H and O–H groups in total. The van der Waals surface area contributed by atoms with Gasteiger partial charge in [-0.15, -0.1) is 0 Å². The van der Waals surface area contributed by atoms with Crippen LogP contribution in [0.1, 0.15) is 24.2 Å². The summed E-state index contributed by atoms with van der Waals surface area (Å²) in [4.78, 5) is 0. The van der Waals surface area contributed by atoms with E-state index in [0.29, 0.717) is 12.6 Å². The fourth-order valence-corrected chi connectivity index (χ4v) is 1.35. The second-order valence-electron chi connectivity index (χ2n) is 3.15. The van der Waals surface area contributed by atoms with Crippen LogP contribution in [-0.4, -0.2) is 11.1 Å². The van der Waals surface area contributed by atoms with Gasteiger partial charge in [-0.25, -0.2) is 0 Å². The highest BCUT2D eigenvalue weighted by Gasteiger charge is 2.04. The van der Waals surface area contributed by atoms with Gasteiger partial charge < -0.3 is 10.3 Å². The quantitative estimate of drug-likeness (QED) is 0.686. The lowest BCUT2D eigenvalue weighted by Gasteiger charge is -2.12. The van der Waals surface area contributed by atoms with Crippen molar-refractivity contribution in [3.8, 4) is 0 Å². The van der Waals surface area contributed by atoms with E-state index >= 15 is 0 Å². The molecule has 0 saturated carbocycles. The first-order chi connectivity index (χ1) is 5.15. The summed E-state index contributed by atoms with van der Waals surface area (Å²) in [5.74, 6) is 0. The number of hydrogen-bond donors (Lipinski definition) is 1. The minimum absolute atomic E-state index is 0.420. The zero-order valence-electron chi connectivity index (χ0n) is 7.46. The van der Waals surface area contributed by atoms with E-state index in [1.54, 1.807) is 0 Å². The second-order valence-corrected chi connectivity index (χ2v) is 3.15. The molecule has 0 bridgehead atoms. The van der Waals surface area contributed by atoms with Crippen molar-refractivity contribution in [3.63, 3.8) is 0 Å². The highest BCUT2D eigenvalue weighted by atomic mass is 15.0. The number of nitrogens with two attached hydrogens (primary N) is 1. The van der Waals surface area contributed by atoms with Gasteiger partial charge in [-0.3, -0.25) is 0 Å². The Hall–Kier alpha value is -0.760. The third-order valence-corrected chi connectivity index (χ3v) is 2.00. The van der Waals surface area contributed by atoms with Crippen molar-refractivity contribution in [2.24, 2.45) is 5.73 Å². The number of aryl methyl sites for hydroxylation is 2. The third-order valence-electron chi connectivity index (χ3n) is 2.00. The van der Waals surface area contributed by atoms with E-state index in [4.69, 9.17) is 5.73 Å². The predicted molar refractivity (Wildman–Crippen MR) is 47.7 cm³/mol. The predicted octanol–water partition coefficient (Wildman–Crippen LogP) is 1.62. The Morgan fingerprint density at radius 2 is 2.18 bits per heavy atom. The Morgan fingerprint density at radius 3 is 2.55 bits per heavy atom. The van der Waals surface area contributed by atoms with Gasteiger partial charge in [0, 0.05) is 24.5 Å². The van der Waals surface area contributed by atoms with Crippen molar-refractivity contribution in [3.05, 3.63) is 23.5 Å². The largest absolute Gasteiger partial charge is 0.347 e. The maximum absolute atomic E-state index is 5.56. The molecule has 0 spiro atoms. The maximum atomic E-state index is 5.56. The molecular formula is C9H16N2. The summed E-state index contributed by atoms with van der Waals surface area (Å²) in [6.07, 6.45) is 2.15. The van der Waals surface area contributed by atoms with Crippen LogP contribution in [0.3, 0.4) is 0 Å². The summed E-state index contributed by atoms with van der Waals surface area (Å²) in [6, 6.07) is 2.59. The van der Waals surface area contributed by atoms with E-state index in [9.17, 15) is 0 Å². The molecule has 2 nitrogen and oxygen atoms in total. The van der Waals surface area contributed by atoms with Crippen LogP contribution in [-0.2, 0) is 0 Å². The number of hydrogen-bond acceptors (Lipinski definition) is 1. The molecule has 0 saturated heterocycles. The summed E-state index contributed by atoms with van der Waals surface area (Å²) in [6.45, 7) is 7.05. The fourth-order valence-electron chi connectivity index (χ4n) is 1.35. The molecule has 0 aliphatic carbocycles. The molecule has 0 amide bonds. The van der Waals surface area contributed by atoms with Gasteiger partial charge in [0.1, 0.15) is 0 Å². The summed E-state index contributed by atoms with van der Waals surface area (Å²) in [5, 5.41) is 0. The van der Waals surface area contributed by atoms with E-state index in [1.165, 1.54) is 11.3 Å². The van der Waals surface area contributed by atoms with Crippen LogP contribution in [0.15, 0.2) is 12.3 Å². The highest BCUT2D eigenvalue weighted by Crippen LogP contribution is 2.12. The smallest absolute Gasteiger partial charge is 0.0427 e. The van der Waals surface area contributed by atoms with Crippen LogP contribution in [0.25, 0.3) is 0 Å². The average molecular weight is 152 g/mol. The van der Waals surface area contributed by atoms with Crippen LogP contribution >= 0.6 is 0 Å². The fraction of sp³-hybridized carbons (Fsp3) is 0.556. The average Bonchev–Trinajstić information content (AvgIpc) is 2.28. The molecule has 2 heteroatoms. The maximum Gasteiger partial charge on any atom is 0.0427 e. The molecule has 0 aliphatic heterocycles. The van der Waals surface area contributed by atoms with Crippen molar-refractivity contribution in [2.45, 2.75) is 26.8 Å². The molecule has 1 atom stereocenters. The third kappa shape index (κ3) is 1.63. The summed E-state index contributed by atoms with van der Waals surface area (Å²) in [7, 11) is 0. The van der Waals surface area contributed by atoms with Crippen molar-refractivity contribution >= 4 is 0 Å². The van der Waals surface area contributed by atoms with E-state index in [1.807, 2.05) is 0 Å². The normalized spacial score (nSPS) is 13.5. The molecule has 0 fully saturated rings. The van der Waals surface area contributed by atoms with Crippen LogP contribution in [0.4, 0.5) is 0 Å². The first kappa shape index (κ1) is 8.34. The van der Waals surface area contributed by atoms with E-state index in [2.05, 4.69) is 37.6 Å². The van der Waals surface area contributed by atoms with E-state index in [-0.39, 0.29) is 0 Å². The summed E-state index contributed by atoms with van der Waals surface area (Å²) in [5.41, 5.74) is 8.16. The first-order valence-electron chi connectivity index (χ1n) is 4.00. The number of aromatic nitrogens is 1. The highest BCUT2D eigenvalue weighted by molar-refractivity contribution is 5.16. The standard InChI is InChI=1S/C9H16N2/c1-7-4-8(2)11(6-7)9(3)5-10/h4,6,9H,5,10H2,1-3H3. The van der Waals surface area contributed by atoms with Crippen molar-refractivity contribution < 1.29 is 0 Å². The number of rotatable bonds is 2. The monoisotopic (exact) mass is 152 g/mol. The number of nitrogens with zero attached hydrogens (tertiary/aromatic N) is 1. The molecule has 1 rings (SSSR count). The first-order valence-corrected chi connectivity index (χ1v) is 4.00. The van der Waals surface area contributed by atoms with Gasteiger partial charge >= 0.3 is 0 Å². The SMILES string of the molecule is Cc1cc(C)n(C(C)CN)c1. The van der Waals surface area contributed by atoms with Crippen LogP contribution < -0.4 is 5.73 Å². The lowest BCUT2D eigenvalue weighted by atomic mass is 10.3. The van der Waals surface area contributed by atoms with Gasteiger partial charge in [-0.05, 0) is 32.4 Å². The Labute approximate surface area is 68.0 Å². The lowest BCUT2D eigenvalue weighted by Crippen LogP contribution is -2.16. The Balaban J connectivity index is 2.93. The van der Waals surface area contributed by atoms with Crippen LogP contribution in [0, 0.1) is 13.8 Å². The van der Waals surface area contributed by atoms with Crippen molar-refractivity contribution in [1.29, 1.82) is 0 Å². The van der Waals surface area contributed by atoms with Gasteiger partial charge in [0.15, 0.2) is 0 Å². The summed E-state index contributed by atoms with van der Waals surface area (Å²) < 4.78 is 2.22. The molecule has 1 unspecified atom stereocenters. The van der Waals surface area contributed by atoms with Gasteiger partial charge in [0.05, 0.1) is 0 Å². The van der Waals surface area contributed by atoms with Gasteiger partial charge in [-0.2, -0.15) is 0 Å².